The number of aromatic nitrogens is 1. The van der Waals surface area contributed by atoms with Crippen molar-refractivity contribution in [2.24, 2.45) is 0 Å². The van der Waals surface area contributed by atoms with Crippen molar-refractivity contribution in [1.82, 2.24) is 4.57 Å². The van der Waals surface area contributed by atoms with Crippen LogP contribution in [0, 0.1) is 0 Å². The van der Waals surface area contributed by atoms with Gasteiger partial charge in [-0.2, -0.15) is 0 Å². The molecule has 2 aromatic rings. The van der Waals surface area contributed by atoms with Crippen LogP contribution in [-0.2, 0) is 5.54 Å². The fourth-order valence-electron chi connectivity index (χ4n) is 1.91. The largest absolute Gasteiger partial charge is 0.511 e. The molecular formula is C13H15NO3. The summed E-state index contributed by atoms with van der Waals surface area (Å²) in [5.41, 5.74) is 0.917. The number of ether oxygens (including phenoxy) is 1. The molecule has 0 bridgehead atoms. The molecule has 1 N–H and O–H groups in total. The van der Waals surface area contributed by atoms with Gasteiger partial charge in [-0.3, -0.25) is 0 Å². The van der Waals surface area contributed by atoms with Crippen LogP contribution in [0.15, 0.2) is 30.5 Å². The van der Waals surface area contributed by atoms with Crippen molar-refractivity contribution < 1.29 is 14.6 Å². The lowest BCUT2D eigenvalue weighted by atomic mass is 10.1. The third kappa shape index (κ3) is 2.11. The molecule has 0 aliphatic rings. The van der Waals surface area contributed by atoms with Crippen LogP contribution in [0.1, 0.15) is 20.8 Å². The Bertz CT molecular complexity index is 564. The number of nitrogens with zero attached hydrogens (tertiary/aromatic N) is 1. The SMILES string of the molecule is CC(C)(C)n1ccc2c(OC(=O)O)cccc21. The average molecular weight is 233 g/mol. The molecule has 0 atom stereocenters. The van der Waals surface area contributed by atoms with Gasteiger partial charge in [0.05, 0.1) is 5.52 Å². The fourth-order valence-corrected chi connectivity index (χ4v) is 1.91. The molecule has 0 aliphatic heterocycles. The molecule has 2 rings (SSSR count). The first kappa shape index (κ1) is 11.5. The lowest BCUT2D eigenvalue weighted by Gasteiger charge is -2.22. The second kappa shape index (κ2) is 3.80. The normalized spacial score (nSPS) is 11.7. The van der Waals surface area contributed by atoms with E-state index in [1.807, 2.05) is 18.3 Å². The average Bonchev–Trinajstić information content (AvgIpc) is 2.60. The molecule has 1 heterocycles. The van der Waals surface area contributed by atoms with E-state index in [0.717, 1.165) is 10.9 Å². The summed E-state index contributed by atoms with van der Waals surface area (Å²) in [6.45, 7) is 6.28. The van der Waals surface area contributed by atoms with E-state index in [9.17, 15) is 4.79 Å². The molecule has 1 aromatic carbocycles. The first-order chi connectivity index (χ1) is 7.89. The van der Waals surface area contributed by atoms with E-state index in [1.165, 1.54) is 0 Å². The van der Waals surface area contributed by atoms with E-state index >= 15 is 0 Å². The van der Waals surface area contributed by atoms with Crippen LogP contribution < -0.4 is 4.74 Å². The number of carbonyl (C=O) groups is 1. The van der Waals surface area contributed by atoms with Gasteiger partial charge in [-0.05, 0) is 39.0 Å². The fraction of sp³-hybridized carbons (Fsp3) is 0.308. The molecular weight excluding hydrogens is 218 g/mol. The Kier molecular flexibility index (Phi) is 2.58. The zero-order valence-electron chi connectivity index (χ0n) is 10.1. The van der Waals surface area contributed by atoms with Gasteiger partial charge >= 0.3 is 6.16 Å². The Labute approximate surface area is 99.4 Å². The molecule has 0 saturated carbocycles. The Morgan fingerprint density at radius 2 is 2.00 bits per heavy atom. The maximum atomic E-state index is 10.6. The highest BCUT2D eigenvalue weighted by atomic mass is 16.7. The van der Waals surface area contributed by atoms with Gasteiger partial charge in [-0.15, -0.1) is 0 Å². The topological polar surface area (TPSA) is 51.5 Å². The number of carboxylic acid groups (broad SMARTS) is 1. The van der Waals surface area contributed by atoms with Gasteiger partial charge in [-0.25, -0.2) is 4.79 Å². The van der Waals surface area contributed by atoms with Crippen molar-refractivity contribution in [2.75, 3.05) is 0 Å². The molecule has 4 nitrogen and oxygen atoms in total. The van der Waals surface area contributed by atoms with Crippen LogP contribution in [0.25, 0.3) is 10.9 Å². The molecule has 0 aliphatic carbocycles. The van der Waals surface area contributed by atoms with Crippen LogP contribution >= 0.6 is 0 Å². The summed E-state index contributed by atoms with van der Waals surface area (Å²) in [5.74, 6) is 0.373. The Hall–Kier alpha value is -1.97. The first-order valence-corrected chi connectivity index (χ1v) is 5.41. The van der Waals surface area contributed by atoms with Crippen molar-refractivity contribution in [3.63, 3.8) is 0 Å². The van der Waals surface area contributed by atoms with E-state index < -0.39 is 6.16 Å². The predicted octanol–water partition coefficient (Wildman–Crippen LogP) is 3.45. The number of hydrogen-bond acceptors (Lipinski definition) is 2. The van der Waals surface area contributed by atoms with E-state index in [2.05, 4.69) is 25.3 Å². The minimum absolute atomic E-state index is 0.0520. The Balaban J connectivity index is 2.61. The van der Waals surface area contributed by atoms with Gasteiger partial charge in [0.2, 0.25) is 0 Å². The zero-order chi connectivity index (χ0) is 12.6. The lowest BCUT2D eigenvalue weighted by molar-refractivity contribution is 0.145. The second-order valence-electron chi connectivity index (χ2n) is 4.91. The molecule has 0 saturated heterocycles. The van der Waals surface area contributed by atoms with Gasteiger partial charge < -0.3 is 14.4 Å². The van der Waals surface area contributed by atoms with Crippen LogP contribution in [0.4, 0.5) is 4.79 Å². The van der Waals surface area contributed by atoms with Gasteiger partial charge in [0.1, 0.15) is 5.75 Å². The zero-order valence-corrected chi connectivity index (χ0v) is 10.1. The van der Waals surface area contributed by atoms with E-state index in [4.69, 9.17) is 9.84 Å². The highest BCUT2D eigenvalue weighted by Gasteiger charge is 2.17. The van der Waals surface area contributed by atoms with Crippen LogP contribution in [-0.4, -0.2) is 15.8 Å². The molecule has 4 heteroatoms. The number of rotatable bonds is 1. The molecule has 17 heavy (non-hydrogen) atoms. The summed E-state index contributed by atoms with van der Waals surface area (Å²) in [6, 6.07) is 7.28. The third-order valence-corrected chi connectivity index (χ3v) is 2.61. The molecule has 1 aromatic heterocycles. The van der Waals surface area contributed by atoms with Crippen LogP contribution in [0.5, 0.6) is 5.75 Å². The van der Waals surface area contributed by atoms with Gasteiger partial charge in [0.15, 0.2) is 0 Å². The summed E-state index contributed by atoms with van der Waals surface area (Å²) < 4.78 is 6.85. The molecule has 90 valence electrons. The summed E-state index contributed by atoms with van der Waals surface area (Å²) >= 11 is 0. The highest BCUT2D eigenvalue weighted by Crippen LogP contribution is 2.30. The van der Waals surface area contributed by atoms with Gasteiger partial charge in [0.25, 0.3) is 0 Å². The summed E-state index contributed by atoms with van der Waals surface area (Å²) in [5, 5.41) is 9.47. The third-order valence-electron chi connectivity index (χ3n) is 2.61. The number of fused-ring (bicyclic) bond motifs is 1. The summed E-state index contributed by atoms with van der Waals surface area (Å²) in [7, 11) is 0. The summed E-state index contributed by atoms with van der Waals surface area (Å²) in [6.07, 6.45) is 0.653. The maximum Gasteiger partial charge on any atom is 0.511 e. The highest BCUT2D eigenvalue weighted by molar-refractivity contribution is 5.88. The monoisotopic (exact) mass is 233 g/mol. The minimum Gasteiger partial charge on any atom is -0.449 e. The Morgan fingerprint density at radius 3 is 2.59 bits per heavy atom. The van der Waals surface area contributed by atoms with Crippen molar-refractivity contribution in [3.05, 3.63) is 30.5 Å². The maximum absolute atomic E-state index is 10.6. The quantitative estimate of drug-likeness (QED) is 0.606. The van der Waals surface area contributed by atoms with Crippen molar-refractivity contribution >= 4 is 17.1 Å². The Morgan fingerprint density at radius 1 is 1.29 bits per heavy atom. The number of hydrogen-bond donors (Lipinski definition) is 1. The second-order valence-corrected chi connectivity index (χ2v) is 4.91. The van der Waals surface area contributed by atoms with E-state index in [0.29, 0.717) is 5.75 Å². The predicted molar refractivity (Wildman–Crippen MR) is 65.6 cm³/mol. The molecule has 0 unspecified atom stereocenters. The van der Waals surface area contributed by atoms with Gasteiger partial charge in [-0.1, -0.05) is 6.07 Å². The molecule has 0 fully saturated rings. The van der Waals surface area contributed by atoms with Crippen LogP contribution in [0.2, 0.25) is 0 Å². The van der Waals surface area contributed by atoms with E-state index in [-0.39, 0.29) is 5.54 Å². The first-order valence-electron chi connectivity index (χ1n) is 5.41. The molecule has 0 spiro atoms. The standard InChI is InChI=1S/C13H15NO3/c1-13(2,3)14-8-7-9-10(14)5-4-6-11(9)17-12(15)16/h4-8H,1-3H3,(H,15,16). The lowest BCUT2D eigenvalue weighted by Crippen LogP contribution is -2.20. The smallest absolute Gasteiger partial charge is 0.449 e. The van der Waals surface area contributed by atoms with E-state index in [1.54, 1.807) is 12.1 Å². The summed E-state index contributed by atoms with van der Waals surface area (Å²) in [4.78, 5) is 10.6. The van der Waals surface area contributed by atoms with Gasteiger partial charge in [0, 0.05) is 17.1 Å². The molecule has 0 radical (unpaired) electrons. The number of benzene rings is 1. The van der Waals surface area contributed by atoms with Crippen LogP contribution in [0.3, 0.4) is 0 Å². The minimum atomic E-state index is -1.29. The van der Waals surface area contributed by atoms with Crippen molar-refractivity contribution in [2.45, 2.75) is 26.3 Å². The van der Waals surface area contributed by atoms with Crippen molar-refractivity contribution in [1.29, 1.82) is 0 Å². The van der Waals surface area contributed by atoms with Crippen molar-refractivity contribution in [3.8, 4) is 5.75 Å². The molecule has 0 amide bonds.